The average molecular weight is 284 g/mol. The number of aliphatic hydroxyl groups excluding tert-OH is 1. The number of sulfonamides is 1. The summed E-state index contributed by atoms with van der Waals surface area (Å²) in [6.45, 7) is 1.74. The van der Waals surface area contributed by atoms with E-state index in [-0.39, 0.29) is 18.0 Å². The van der Waals surface area contributed by atoms with Crippen LogP contribution in [-0.4, -0.2) is 29.9 Å². The molecule has 0 saturated heterocycles. The lowest BCUT2D eigenvalue weighted by Gasteiger charge is -2.14. The van der Waals surface area contributed by atoms with Crippen molar-refractivity contribution in [3.05, 3.63) is 41.6 Å². The molecule has 0 spiro atoms. The lowest BCUT2D eigenvalue weighted by atomic mass is 10.4. The second kappa shape index (κ2) is 5.20. The number of nitrogens with zero attached hydrogens (tertiary/aromatic N) is 1. The van der Waals surface area contributed by atoms with Crippen molar-refractivity contribution in [1.29, 1.82) is 0 Å². The molecule has 0 aromatic carbocycles. The van der Waals surface area contributed by atoms with E-state index in [1.165, 1.54) is 23.6 Å². The van der Waals surface area contributed by atoms with Crippen LogP contribution in [0.2, 0.25) is 0 Å². The van der Waals surface area contributed by atoms with Crippen LogP contribution in [0.4, 0.5) is 0 Å². The highest BCUT2D eigenvalue weighted by molar-refractivity contribution is 7.89. The van der Waals surface area contributed by atoms with Gasteiger partial charge in [0.25, 0.3) is 0 Å². The van der Waals surface area contributed by atoms with Crippen molar-refractivity contribution in [2.75, 3.05) is 7.05 Å². The van der Waals surface area contributed by atoms with Crippen LogP contribution in [0.15, 0.2) is 33.7 Å². The van der Waals surface area contributed by atoms with Gasteiger partial charge in [-0.2, -0.15) is 4.31 Å². The van der Waals surface area contributed by atoms with Gasteiger partial charge >= 0.3 is 0 Å². The molecular weight excluding hydrogens is 268 g/mol. The fourth-order valence-corrected chi connectivity index (χ4v) is 2.87. The van der Waals surface area contributed by atoms with E-state index in [9.17, 15) is 8.42 Å². The van der Waals surface area contributed by atoms with Crippen molar-refractivity contribution in [2.24, 2.45) is 0 Å². The lowest BCUT2D eigenvalue weighted by Crippen LogP contribution is -2.26. The Kier molecular flexibility index (Phi) is 3.79. The lowest BCUT2D eigenvalue weighted by molar-refractivity contribution is 0.277. The highest BCUT2D eigenvalue weighted by atomic mass is 32.2. The summed E-state index contributed by atoms with van der Waals surface area (Å²) in [6, 6.07) is 4.95. The van der Waals surface area contributed by atoms with Gasteiger partial charge in [-0.15, -0.1) is 0 Å². The zero-order valence-corrected chi connectivity index (χ0v) is 11.6. The quantitative estimate of drug-likeness (QED) is 0.864. The molecule has 0 aliphatic heterocycles. The van der Waals surface area contributed by atoms with Gasteiger partial charge in [0, 0.05) is 18.9 Å². The van der Waals surface area contributed by atoms with Crippen molar-refractivity contribution in [1.82, 2.24) is 9.29 Å². The molecule has 19 heavy (non-hydrogen) atoms. The van der Waals surface area contributed by atoms with Gasteiger partial charge in [-0.05, 0) is 25.1 Å². The minimum atomic E-state index is -3.59. The molecule has 0 amide bonds. The number of hydrogen-bond donors (Lipinski definition) is 2. The Balaban J connectivity index is 2.19. The van der Waals surface area contributed by atoms with Crippen LogP contribution < -0.4 is 0 Å². The topological polar surface area (TPSA) is 86.5 Å². The van der Waals surface area contributed by atoms with Crippen LogP contribution in [0, 0.1) is 6.92 Å². The summed E-state index contributed by atoms with van der Waals surface area (Å²) in [5, 5.41) is 8.94. The third-order valence-corrected chi connectivity index (χ3v) is 4.55. The molecule has 0 unspecified atom stereocenters. The summed E-state index contributed by atoms with van der Waals surface area (Å²) in [5.74, 6) is 1.33. The van der Waals surface area contributed by atoms with Crippen LogP contribution in [0.5, 0.6) is 0 Å². The van der Waals surface area contributed by atoms with Gasteiger partial charge in [0.2, 0.25) is 10.0 Å². The minimum Gasteiger partial charge on any atom is -0.465 e. The van der Waals surface area contributed by atoms with E-state index in [0.717, 1.165) is 5.76 Å². The number of rotatable bonds is 5. The van der Waals surface area contributed by atoms with Gasteiger partial charge in [0.05, 0.1) is 18.0 Å². The van der Waals surface area contributed by atoms with E-state index in [1.807, 2.05) is 0 Å². The van der Waals surface area contributed by atoms with Gasteiger partial charge in [0.1, 0.15) is 11.5 Å². The van der Waals surface area contributed by atoms with E-state index in [2.05, 4.69) is 4.98 Å². The van der Waals surface area contributed by atoms with Crippen LogP contribution in [-0.2, 0) is 23.2 Å². The molecule has 2 heterocycles. The van der Waals surface area contributed by atoms with Crippen molar-refractivity contribution < 1.29 is 17.9 Å². The molecule has 0 atom stereocenters. The smallest absolute Gasteiger partial charge is 0.244 e. The highest BCUT2D eigenvalue weighted by Gasteiger charge is 2.23. The Morgan fingerprint density at radius 3 is 2.68 bits per heavy atom. The first-order valence-corrected chi connectivity index (χ1v) is 7.17. The Hall–Kier alpha value is -1.57. The molecule has 2 rings (SSSR count). The molecule has 104 valence electrons. The second-order valence-electron chi connectivity index (χ2n) is 4.29. The number of aromatic amines is 1. The molecule has 0 aliphatic rings. The van der Waals surface area contributed by atoms with E-state index < -0.39 is 10.0 Å². The second-order valence-corrected chi connectivity index (χ2v) is 6.34. The predicted octanol–water partition coefficient (Wildman–Crippen LogP) is 1.23. The number of aromatic nitrogens is 1. The standard InChI is InChI=1S/C12H16N2O4S/c1-9-3-4-11(18-9)7-14(2)19(16,17)12-5-10(8-15)13-6-12/h3-6,13,15H,7-8H2,1-2H3. The number of aryl methyl sites for hydroxylation is 1. The van der Waals surface area contributed by atoms with Crippen LogP contribution in [0.3, 0.4) is 0 Å². The minimum absolute atomic E-state index is 0.127. The zero-order chi connectivity index (χ0) is 14.0. The number of nitrogens with one attached hydrogen (secondary N) is 1. The molecule has 2 N–H and O–H groups in total. The van der Waals surface area contributed by atoms with Crippen LogP contribution in [0.25, 0.3) is 0 Å². The Morgan fingerprint density at radius 1 is 1.42 bits per heavy atom. The van der Waals surface area contributed by atoms with Crippen molar-refractivity contribution in [3.8, 4) is 0 Å². The van der Waals surface area contributed by atoms with E-state index in [1.54, 1.807) is 19.1 Å². The Bertz CT molecular complexity index is 657. The summed E-state index contributed by atoms with van der Waals surface area (Å²) in [4.78, 5) is 2.83. The summed E-state index contributed by atoms with van der Waals surface area (Å²) < 4.78 is 31.1. The maximum Gasteiger partial charge on any atom is 0.244 e. The van der Waals surface area contributed by atoms with E-state index in [0.29, 0.717) is 11.5 Å². The maximum atomic E-state index is 12.3. The molecule has 0 fully saturated rings. The highest BCUT2D eigenvalue weighted by Crippen LogP contribution is 2.18. The molecule has 6 nitrogen and oxygen atoms in total. The van der Waals surface area contributed by atoms with E-state index in [4.69, 9.17) is 9.52 Å². The molecule has 2 aromatic rings. The maximum absolute atomic E-state index is 12.3. The first kappa shape index (κ1) is 13.9. The summed E-state index contributed by atoms with van der Waals surface area (Å²) >= 11 is 0. The fourth-order valence-electron chi connectivity index (χ4n) is 1.71. The third-order valence-electron chi connectivity index (χ3n) is 2.77. The molecule has 7 heteroatoms. The number of aliphatic hydroxyl groups is 1. The number of H-pyrrole nitrogens is 1. The molecule has 0 aliphatic carbocycles. The van der Waals surface area contributed by atoms with Crippen LogP contribution in [0.1, 0.15) is 17.2 Å². The Labute approximate surface area is 111 Å². The summed E-state index contributed by atoms with van der Waals surface area (Å²) in [7, 11) is -2.10. The monoisotopic (exact) mass is 284 g/mol. The van der Waals surface area contributed by atoms with Crippen molar-refractivity contribution >= 4 is 10.0 Å². The number of furan rings is 1. The zero-order valence-electron chi connectivity index (χ0n) is 10.8. The fraction of sp³-hybridized carbons (Fsp3) is 0.333. The molecule has 0 saturated carbocycles. The molecule has 2 aromatic heterocycles. The van der Waals surface area contributed by atoms with Gasteiger partial charge in [-0.25, -0.2) is 8.42 Å². The first-order valence-electron chi connectivity index (χ1n) is 5.73. The SMILES string of the molecule is Cc1ccc(CN(C)S(=O)(=O)c2c[nH]c(CO)c2)o1. The van der Waals surface area contributed by atoms with Crippen molar-refractivity contribution in [3.63, 3.8) is 0 Å². The van der Waals surface area contributed by atoms with Gasteiger partial charge in [0.15, 0.2) is 0 Å². The Morgan fingerprint density at radius 2 is 2.16 bits per heavy atom. The molecule has 0 radical (unpaired) electrons. The van der Waals surface area contributed by atoms with Gasteiger partial charge in [-0.1, -0.05) is 0 Å². The third kappa shape index (κ3) is 2.89. The van der Waals surface area contributed by atoms with Gasteiger partial charge < -0.3 is 14.5 Å². The van der Waals surface area contributed by atoms with Crippen LogP contribution >= 0.6 is 0 Å². The predicted molar refractivity (Wildman–Crippen MR) is 68.8 cm³/mol. The first-order chi connectivity index (χ1) is 8.93. The van der Waals surface area contributed by atoms with Crippen molar-refractivity contribution in [2.45, 2.75) is 25.0 Å². The summed E-state index contributed by atoms with van der Waals surface area (Å²) in [6.07, 6.45) is 1.37. The van der Waals surface area contributed by atoms with E-state index >= 15 is 0 Å². The molecule has 0 bridgehead atoms. The normalized spacial score (nSPS) is 12.2. The number of hydrogen-bond acceptors (Lipinski definition) is 4. The largest absolute Gasteiger partial charge is 0.465 e. The average Bonchev–Trinajstić information content (AvgIpc) is 2.98. The summed E-state index contributed by atoms with van der Waals surface area (Å²) in [5.41, 5.74) is 0.459. The van der Waals surface area contributed by atoms with Gasteiger partial charge in [-0.3, -0.25) is 0 Å². The molecular formula is C12H16N2O4S.